The van der Waals surface area contributed by atoms with Crippen molar-refractivity contribution in [1.82, 2.24) is 4.90 Å². The predicted molar refractivity (Wildman–Crippen MR) is 121 cm³/mol. The molecular formula is C23H34N4O2S+2. The first-order valence-corrected chi connectivity index (χ1v) is 11.5. The number of nitrogens with zero attached hydrogens (tertiary/aromatic N) is 1. The Bertz CT molecular complexity index is 867. The Morgan fingerprint density at radius 3 is 2.13 bits per heavy atom. The first-order valence-electron chi connectivity index (χ1n) is 10.6. The highest BCUT2D eigenvalue weighted by molar-refractivity contribution is 7.10. The molecule has 6 nitrogen and oxygen atoms in total. The summed E-state index contributed by atoms with van der Waals surface area (Å²) >= 11 is 1.71. The van der Waals surface area contributed by atoms with Gasteiger partial charge in [-0.3, -0.25) is 9.59 Å². The molecule has 3 N–H and O–H groups in total. The molecule has 3 rings (SSSR count). The van der Waals surface area contributed by atoms with E-state index in [1.54, 1.807) is 11.3 Å². The molecule has 1 aliphatic rings. The molecule has 2 aromatic rings. The van der Waals surface area contributed by atoms with Gasteiger partial charge in [-0.05, 0) is 48.9 Å². The zero-order valence-electron chi connectivity index (χ0n) is 18.5. The van der Waals surface area contributed by atoms with Gasteiger partial charge in [0.2, 0.25) is 0 Å². The van der Waals surface area contributed by atoms with Gasteiger partial charge in [0.1, 0.15) is 26.2 Å². The molecule has 0 unspecified atom stereocenters. The molecule has 0 spiro atoms. The minimum atomic E-state index is 0.0629. The van der Waals surface area contributed by atoms with Gasteiger partial charge < -0.3 is 20.0 Å². The first-order chi connectivity index (χ1) is 14.3. The highest BCUT2D eigenvalue weighted by Gasteiger charge is 2.27. The Kier molecular flexibility index (Phi) is 7.64. The number of thiophene rings is 1. The maximum absolute atomic E-state index is 12.6. The van der Waals surface area contributed by atoms with Crippen LogP contribution in [-0.2, 0) is 16.1 Å². The molecule has 0 atom stereocenters. The Morgan fingerprint density at radius 1 is 0.967 bits per heavy atom. The molecule has 1 aromatic carbocycles. The van der Waals surface area contributed by atoms with E-state index in [1.807, 2.05) is 44.0 Å². The summed E-state index contributed by atoms with van der Waals surface area (Å²) in [6.45, 7) is 11.5. The molecule has 162 valence electrons. The normalized spacial score (nSPS) is 18.8. The number of carbonyl (C=O) groups excluding carboxylic acids is 2. The fourth-order valence-corrected chi connectivity index (χ4v) is 4.91. The van der Waals surface area contributed by atoms with Crippen LogP contribution < -0.4 is 15.1 Å². The maximum atomic E-state index is 12.6. The quantitative estimate of drug-likeness (QED) is 0.582. The molecule has 7 heteroatoms. The van der Waals surface area contributed by atoms with E-state index < -0.39 is 0 Å². The van der Waals surface area contributed by atoms with Crippen molar-refractivity contribution in [3.05, 3.63) is 51.2 Å². The Morgan fingerprint density at radius 2 is 1.57 bits per heavy atom. The molecule has 1 fully saturated rings. The number of benzene rings is 1. The lowest BCUT2D eigenvalue weighted by Gasteiger charge is -2.30. The van der Waals surface area contributed by atoms with Crippen molar-refractivity contribution < 1.29 is 19.4 Å². The monoisotopic (exact) mass is 430 g/mol. The number of quaternary nitrogens is 2. The highest BCUT2D eigenvalue weighted by Crippen LogP contribution is 2.19. The summed E-state index contributed by atoms with van der Waals surface area (Å²) < 4.78 is 0. The summed E-state index contributed by atoms with van der Waals surface area (Å²) in [6, 6.07) is 8.15. The van der Waals surface area contributed by atoms with Gasteiger partial charge in [-0.1, -0.05) is 18.2 Å². The Balaban J connectivity index is 1.41. The number of nitrogens with one attached hydrogen (secondary N) is 3. The van der Waals surface area contributed by atoms with Crippen LogP contribution in [0.2, 0.25) is 0 Å². The third-order valence-electron chi connectivity index (χ3n) is 6.00. The largest absolute Gasteiger partial charge is 0.336 e. The van der Waals surface area contributed by atoms with Crippen molar-refractivity contribution in [2.24, 2.45) is 0 Å². The van der Waals surface area contributed by atoms with Gasteiger partial charge >= 0.3 is 0 Å². The smallest absolute Gasteiger partial charge is 0.279 e. The van der Waals surface area contributed by atoms with Crippen molar-refractivity contribution in [1.29, 1.82) is 0 Å². The van der Waals surface area contributed by atoms with Crippen LogP contribution >= 0.6 is 11.3 Å². The number of para-hydroxylation sites is 1. The van der Waals surface area contributed by atoms with Gasteiger partial charge in [-0.15, -0.1) is 11.3 Å². The standard InChI is InChI=1S/C23H32N4O2S/c1-17-8-13-30-20(17)14-25(4)22(29)16-27-11-9-26(10-12-27)15-21(28)24-23-18(2)6-5-7-19(23)3/h5-8,13H,9-12,14-16H2,1-4H3,(H,24,28)/p+2. The number of amides is 2. The first kappa shape index (κ1) is 22.5. The fourth-order valence-electron chi connectivity index (χ4n) is 3.95. The van der Waals surface area contributed by atoms with E-state index in [1.165, 1.54) is 20.2 Å². The van der Waals surface area contributed by atoms with Gasteiger partial charge in [0.05, 0.1) is 6.54 Å². The van der Waals surface area contributed by atoms with E-state index in [0.29, 0.717) is 19.6 Å². The molecule has 1 saturated heterocycles. The third-order valence-corrected chi connectivity index (χ3v) is 7.00. The Labute approximate surface area is 183 Å². The van der Waals surface area contributed by atoms with Crippen molar-refractivity contribution in [2.75, 3.05) is 51.6 Å². The lowest BCUT2D eigenvalue weighted by molar-refractivity contribution is -1.00. The minimum absolute atomic E-state index is 0.0629. The second-order valence-corrected chi connectivity index (χ2v) is 9.45. The third kappa shape index (κ3) is 5.90. The number of rotatable bonds is 7. The Hall–Kier alpha value is -2.22. The van der Waals surface area contributed by atoms with Crippen LogP contribution in [0.3, 0.4) is 0 Å². The van der Waals surface area contributed by atoms with Crippen LogP contribution in [0.25, 0.3) is 0 Å². The summed E-state index contributed by atoms with van der Waals surface area (Å²) in [4.78, 5) is 30.8. The van der Waals surface area contributed by atoms with Crippen LogP contribution in [0, 0.1) is 20.8 Å². The van der Waals surface area contributed by atoms with Gasteiger partial charge in [0.25, 0.3) is 11.8 Å². The van der Waals surface area contributed by atoms with Crippen molar-refractivity contribution in [2.45, 2.75) is 27.3 Å². The van der Waals surface area contributed by atoms with E-state index >= 15 is 0 Å². The lowest BCUT2D eigenvalue weighted by Crippen LogP contribution is -3.28. The molecule has 0 aliphatic carbocycles. The SMILES string of the molecule is Cc1ccsc1CN(C)C(=O)C[NH+]1CC[NH+](CC(=O)Nc2c(C)cccc2C)CC1. The summed E-state index contributed by atoms with van der Waals surface area (Å²) in [6.07, 6.45) is 0. The average Bonchev–Trinajstić information content (AvgIpc) is 3.11. The zero-order valence-corrected chi connectivity index (χ0v) is 19.3. The number of hydrogen-bond acceptors (Lipinski definition) is 3. The van der Waals surface area contributed by atoms with Gasteiger partial charge in [-0.2, -0.15) is 0 Å². The molecule has 1 aromatic heterocycles. The van der Waals surface area contributed by atoms with Crippen molar-refractivity contribution in [3.63, 3.8) is 0 Å². The van der Waals surface area contributed by atoms with Gasteiger partial charge in [0, 0.05) is 17.6 Å². The van der Waals surface area contributed by atoms with E-state index in [2.05, 4.69) is 23.7 Å². The number of anilines is 1. The topological polar surface area (TPSA) is 58.3 Å². The van der Waals surface area contributed by atoms with Crippen LogP contribution in [0.5, 0.6) is 0 Å². The predicted octanol–water partition coefficient (Wildman–Crippen LogP) is 0.0539. The zero-order chi connectivity index (χ0) is 21.7. The molecular weight excluding hydrogens is 396 g/mol. The number of likely N-dealkylation sites (N-methyl/N-ethyl adjacent to an activating group) is 1. The van der Waals surface area contributed by atoms with Gasteiger partial charge in [-0.25, -0.2) is 0 Å². The van der Waals surface area contributed by atoms with E-state index in [9.17, 15) is 9.59 Å². The molecule has 0 bridgehead atoms. The fraction of sp³-hybridized carbons (Fsp3) is 0.478. The molecule has 2 amide bonds. The summed E-state index contributed by atoms with van der Waals surface area (Å²) in [5.74, 6) is 0.252. The second-order valence-electron chi connectivity index (χ2n) is 8.45. The number of aryl methyl sites for hydroxylation is 3. The van der Waals surface area contributed by atoms with Crippen molar-refractivity contribution in [3.8, 4) is 0 Å². The van der Waals surface area contributed by atoms with E-state index in [-0.39, 0.29) is 11.8 Å². The lowest BCUT2D eigenvalue weighted by atomic mass is 10.1. The molecule has 1 aliphatic heterocycles. The van der Waals surface area contributed by atoms with Crippen molar-refractivity contribution >= 4 is 28.8 Å². The minimum Gasteiger partial charge on any atom is -0.336 e. The molecule has 0 saturated carbocycles. The maximum Gasteiger partial charge on any atom is 0.279 e. The van der Waals surface area contributed by atoms with Crippen LogP contribution in [0.4, 0.5) is 5.69 Å². The summed E-state index contributed by atoms with van der Waals surface area (Å²) in [5, 5.41) is 5.16. The number of hydrogen-bond donors (Lipinski definition) is 3. The summed E-state index contributed by atoms with van der Waals surface area (Å²) in [7, 11) is 1.89. The molecule has 30 heavy (non-hydrogen) atoms. The number of carbonyl (C=O) groups is 2. The van der Waals surface area contributed by atoms with Crippen LogP contribution in [0.1, 0.15) is 21.6 Å². The number of piperazine rings is 1. The second kappa shape index (κ2) is 10.2. The van der Waals surface area contributed by atoms with Crippen LogP contribution in [0.15, 0.2) is 29.6 Å². The molecule has 2 heterocycles. The average molecular weight is 431 g/mol. The van der Waals surface area contributed by atoms with Crippen LogP contribution in [-0.4, -0.2) is 63.0 Å². The highest BCUT2D eigenvalue weighted by atomic mass is 32.1. The summed E-state index contributed by atoms with van der Waals surface area (Å²) in [5.41, 5.74) is 4.37. The van der Waals surface area contributed by atoms with E-state index in [4.69, 9.17) is 0 Å². The van der Waals surface area contributed by atoms with Gasteiger partial charge in [0.15, 0.2) is 13.1 Å². The van der Waals surface area contributed by atoms with E-state index in [0.717, 1.165) is 43.0 Å². The molecule has 0 radical (unpaired) electrons.